The summed E-state index contributed by atoms with van der Waals surface area (Å²) in [5, 5.41) is 13.1. The van der Waals surface area contributed by atoms with Gasteiger partial charge in [0.05, 0.1) is 44.4 Å². The lowest BCUT2D eigenvalue weighted by Crippen LogP contribution is -2.06. The average Bonchev–Trinajstić information content (AvgIpc) is 3.83. The third-order valence-electron chi connectivity index (χ3n) is 12.9. The van der Waals surface area contributed by atoms with E-state index in [4.69, 9.17) is 14.7 Å². The van der Waals surface area contributed by atoms with Crippen LogP contribution >= 0.6 is 0 Å². The smallest absolute Gasteiger partial charge is 0.235 e. The van der Waals surface area contributed by atoms with E-state index in [9.17, 15) is 0 Å². The summed E-state index contributed by atoms with van der Waals surface area (Å²) in [6.45, 7) is 0. The Morgan fingerprint density at radius 1 is 0.361 bits per heavy atom. The molecule has 5 nitrogen and oxygen atoms in total. The molecule has 0 aliphatic carbocycles. The first-order valence-corrected chi connectivity index (χ1v) is 20.7. The van der Waals surface area contributed by atoms with Crippen LogP contribution < -0.4 is 4.74 Å². The van der Waals surface area contributed by atoms with Crippen molar-refractivity contribution in [2.24, 2.45) is 0 Å². The molecule has 1 aliphatic heterocycles. The number of ether oxygens (including phenoxy) is 1. The first-order valence-electron chi connectivity index (χ1n) is 20.7. The van der Waals surface area contributed by atoms with Crippen molar-refractivity contribution >= 4 is 86.8 Å². The maximum absolute atomic E-state index is 6.34. The van der Waals surface area contributed by atoms with Gasteiger partial charge in [0.1, 0.15) is 11.5 Å². The van der Waals surface area contributed by atoms with Crippen LogP contribution in [0.1, 0.15) is 0 Å². The van der Waals surface area contributed by atoms with Gasteiger partial charge in [0.25, 0.3) is 0 Å². The van der Waals surface area contributed by atoms with Gasteiger partial charge in [-0.05, 0) is 105 Å². The Balaban J connectivity index is 1.01. The Labute approximate surface area is 348 Å². The molecule has 0 amide bonds. The molecule has 0 unspecified atom stereocenters. The molecule has 1 aliphatic rings. The number of benzene rings is 10. The number of nitrogens with zero attached hydrogens (tertiary/aromatic N) is 4. The normalized spacial score (nSPS) is 12.4. The molecule has 0 spiro atoms. The van der Waals surface area contributed by atoms with Gasteiger partial charge in [0, 0.05) is 32.5 Å². The monoisotopic (exact) mass is 776 g/mol. The minimum Gasteiger partial charge on any atom is -0.456 e. The number of rotatable bonds is 3. The highest BCUT2D eigenvalue weighted by Crippen LogP contribution is 2.46. The van der Waals surface area contributed by atoms with Gasteiger partial charge in [0.2, 0.25) is 5.95 Å². The molecule has 10 aromatic carbocycles. The number of hydrogen-bond donors (Lipinski definition) is 0. The van der Waals surface area contributed by atoms with E-state index in [0.717, 1.165) is 61.2 Å². The van der Waals surface area contributed by atoms with E-state index in [1.165, 1.54) is 65.2 Å². The van der Waals surface area contributed by atoms with Gasteiger partial charge in [-0.1, -0.05) is 127 Å². The Kier molecular flexibility index (Phi) is 6.49. The molecular weight excluding hydrogens is 745 g/mol. The van der Waals surface area contributed by atoms with Gasteiger partial charge in [-0.3, -0.25) is 4.57 Å². The molecule has 0 radical (unpaired) electrons. The number of para-hydroxylation sites is 2. The number of fused-ring (bicyclic) bond motifs is 13. The Bertz CT molecular complexity index is 4040. The minimum atomic E-state index is 0.634. The molecule has 61 heavy (non-hydrogen) atoms. The van der Waals surface area contributed by atoms with E-state index < -0.39 is 0 Å². The van der Waals surface area contributed by atoms with Gasteiger partial charge < -0.3 is 9.30 Å². The number of hydrogen-bond acceptors (Lipinski definition) is 3. The Morgan fingerprint density at radius 2 is 0.967 bits per heavy atom. The molecule has 3 aromatic heterocycles. The molecule has 0 saturated carbocycles. The van der Waals surface area contributed by atoms with Gasteiger partial charge in [-0.2, -0.15) is 0 Å². The van der Waals surface area contributed by atoms with E-state index in [2.05, 4.69) is 173 Å². The molecule has 4 heterocycles. The standard InChI is InChI=1S/C56H32N4O/c1-3-14-38-33(11-1)23-24-35-13-9-20-48(52(35)38)59-45-19-7-5-16-40(45)42-31-36(26-28-46(42)59)37-27-29-47-43(32-37)53-39-15-4-2-12-34(39)25-30-49(53)60(47)56-57-44-18-10-22-51-54(44)55(58-56)41-17-6-8-21-50(41)61-51/h1-32H. The van der Waals surface area contributed by atoms with Crippen molar-refractivity contribution < 1.29 is 4.74 Å². The molecule has 0 saturated heterocycles. The SMILES string of the molecule is c1ccc2c(c1)Oc1cccc3nc(-n4c5ccc(-c6ccc7c(c6)c6ccccc6n7-c6cccc7ccc8ccccc8c67)cc5c5c6ccccc6ccc54)nc-2c13. The molecule has 5 heteroatoms. The van der Waals surface area contributed by atoms with Crippen molar-refractivity contribution in [1.29, 1.82) is 0 Å². The van der Waals surface area contributed by atoms with Crippen LogP contribution in [0.5, 0.6) is 11.5 Å². The topological polar surface area (TPSA) is 44.9 Å². The Hall–Kier alpha value is -8.28. The van der Waals surface area contributed by atoms with E-state index >= 15 is 0 Å². The summed E-state index contributed by atoms with van der Waals surface area (Å²) in [6, 6.07) is 69.8. The summed E-state index contributed by atoms with van der Waals surface area (Å²) in [4.78, 5) is 10.6. The van der Waals surface area contributed by atoms with E-state index in [1.54, 1.807) is 0 Å². The fourth-order valence-electron chi connectivity index (χ4n) is 10.2. The first-order chi connectivity index (χ1) is 30.2. The zero-order valence-electron chi connectivity index (χ0n) is 32.7. The van der Waals surface area contributed by atoms with Crippen molar-refractivity contribution in [2.45, 2.75) is 0 Å². The van der Waals surface area contributed by atoms with E-state index in [-0.39, 0.29) is 0 Å². The molecule has 0 fully saturated rings. The average molecular weight is 777 g/mol. The highest BCUT2D eigenvalue weighted by molar-refractivity contribution is 6.22. The second kappa shape index (κ2) is 12.1. The van der Waals surface area contributed by atoms with Gasteiger partial charge in [0.15, 0.2) is 0 Å². The quantitative estimate of drug-likeness (QED) is 0.168. The van der Waals surface area contributed by atoms with Crippen LogP contribution in [-0.4, -0.2) is 19.1 Å². The lowest BCUT2D eigenvalue weighted by molar-refractivity contribution is 0.486. The van der Waals surface area contributed by atoms with Crippen molar-refractivity contribution in [1.82, 2.24) is 19.1 Å². The molecule has 0 bridgehead atoms. The third kappa shape index (κ3) is 4.55. The lowest BCUT2D eigenvalue weighted by Gasteiger charge is -2.21. The van der Waals surface area contributed by atoms with Crippen molar-refractivity contribution in [3.63, 3.8) is 0 Å². The molecule has 282 valence electrons. The maximum atomic E-state index is 6.34. The highest BCUT2D eigenvalue weighted by atomic mass is 16.5. The molecular formula is C56H32N4O. The van der Waals surface area contributed by atoms with Crippen LogP contribution in [-0.2, 0) is 0 Å². The fraction of sp³-hybridized carbons (Fsp3) is 0. The van der Waals surface area contributed by atoms with Gasteiger partial charge in [-0.25, -0.2) is 9.97 Å². The predicted molar refractivity (Wildman–Crippen MR) is 252 cm³/mol. The van der Waals surface area contributed by atoms with Crippen molar-refractivity contribution in [3.05, 3.63) is 194 Å². The fourth-order valence-corrected chi connectivity index (χ4v) is 10.2. The van der Waals surface area contributed by atoms with Crippen LogP contribution in [0.2, 0.25) is 0 Å². The largest absolute Gasteiger partial charge is 0.456 e. The second-order valence-corrected chi connectivity index (χ2v) is 16.1. The van der Waals surface area contributed by atoms with Crippen molar-refractivity contribution in [3.8, 4) is 45.5 Å². The zero-order valence-corrected chi connectivity index (χ0v) is 32.7. The number of aromatic nitrogens is 4. The van der Waals surface area contributed by atoms with Gasteiger partial charge >= 0.3 is 0 Å². The minimum absolute atomic E-state index is 0.634. The summed E-state index contributed by atoms with van der Waals surface area (Å²) in [5.41, 5.74) is 10.7. The van der Waals surface area contributed by atoms with Crippen LogP contribution in [0.3, 0.4) is 0 Å². The molecule has 13 aromatic rings. The lowest BCUT2D eigenvalue weighted by atomic mass is 9.99. The van der Waals surface area contributed by atoms with Crippen LogP contribution in [0.25, 0.3) is 121 Å². The molecule has 0 atom stereocenters. The van der Waals surface area contributed by atoms with E-state index in [1.807, 2.05) is 30.3 Å². The Morgan fingerprint density at radius 3 is 1.82 bits per heavy atom. The van der Waals surface area contributed by atoms with Gasteiger partial charge in [-0.15, -0.1) is 0 Å². The second-order valence-electron chi connectivity index (χ2n) is 16.1. The molecule has 14 rings (SSSR count). The highest BCUT2D eigenvalue weighted by Gasteiger charge is 2.25. The summed E-state index contributed by atoms with van der Waals surface area (Å²) in [6.07, 6.45) is 0. The third-order valence-corrected chi connectivity index (χ3v) is 12.9. The maximum Gasteiger partial charge on any atom is 0.235 e. The zero-order chi connectivity index (χ0) is 39.8. The first kappa shape index (κ1) is 32.7. The van der Waals surface area contributed by atoms with Crippen LogP contribution in [0.15, 0.2) is 194 Å². The van der Waals surface area contributed by atoms with Crippen molar-refractivity contribution in [2.75, 3.05) is 0 Å². The van der Waals surface area contributed by atoms with Crippen LogP contribution in [0.4, 0.5) is 0 Å². The predicted octanol–water partition coefficient (Wildman–Crippen LogP) is 14.7. The summed E-state index contributed by atoms with van der Waals surface area (Å²) >= 11 is 0. The summed E-state index contributed by atoms with van der Waals surface area (Å²) in [7, 11) is 0. The summed E-state index contributed by atoms with van der Waals surface area (Å²) < 4.78 is 11.0. The van der Waals surface area contributed by atoms with E-state index in [0.29, 0.717) is 5.95 Å². The molecule has 0 N–H and O–H groups in total. The summed E-state index contributed by atoms with van der Waals surface area (Å²) in [5.74, 6) is 2.21. The van der Waals surface area contributed by atoms with Crippen LogP contribution in [0, 0.1) is 0 Å².